The van der Waals surface area contributed by atoms with Crippen LogP contribution in [0.2, 0.25) is 0 Å². The van der Waals surface area contributed by atoms with Gasteiger partial charge < -0.3 is 0 Å². The zero-order valence-corrected chi connectivity index (χ0v) is 6.65. The van der Waals surface area contributed by atoms with E-state index in [0.29, 0.717) is 0 Å². The number of rotatable bonds is 0. The second-order valence-electron chi connectivity index (χ2n) is 3.39. The van der Waals surface area contributed by atoms with Crippen molar-refractivity contribution >= 4 is 0 Å². The number of hydrogen-bond acceptors (Lipinski definition) is 0. The van der Waals surface area contributed by atoms with E-state index in [0.717, 1.165) is 11.8 Å². The van der Waals surface area contributed by atoms with Gasteiger partial charge in [-0.2, -0.15) is 0 Å². The molecule has 1 rings (SSSR count). The van der Waals surface area contributed by atoms with Crippen LogP contribution in [-0.2, 0) is 0 Å². The van der Waals surface area contributed by atoms with Gasteiger partial charge in [0.05, 0.1) is 0 Å². The fourth-order valence-electron chi connectivity index (χ4n) is 1.41. The first kappa shape index (κ1) is 6.85. The molecular formula is C9H16. The summed E-state index contributed by atoms with van der Waals surface area (Å²) in [6.45, 7) is 6.89. The maximum absolute atomic E-state index is 2.41. The van der Waals surface area contributed by atoms with Gasteiger partial charge in [0.2, 0.25) is 0 Å². The molecule has 0 amide bonds. The summed E-state index contributed by atoms with van der Waals surface area (Å²) in [5, 5.41) is 0. The van der Waals surface area contributed by atoms with Gasteiger partial charge in [0, 0.05) is 0 Å². The molecule has 0 fully saturated rings. The summed E-state index contributed by atoms with van der Waals surface area (Å²) in [4.78, 5) is 0. The molecule has 0 saturated carbocycles. The van der Waals surface area contributed by atoms with Crippen LogP contribution in [0.3, 0.4) is 0 Å². The molecule has 0 aromatic rings. The zero-order chi connectivity index (χ0) is 6.85. The van der Waals surface area contributed by atoms with Crippen molar-refractivity contribution in [2.75, 3.05) is 0 Å². The first-order valence-corrected chi connectivity index (χ1v) is 3.87. The molecule has 0 nitrogen and oxygen atoms in total. The highest BCUT2D eigenvalue weighted by atomic mass is 14.2. The molecule has 1 unspecified atom stereocenters. The molecule has 0 radical (unpaired) electrons. The average Bonchev–Trinajstić information content (AvgIpc) is 1.80. The molecule has 0 aliphatic heterocycles. The van der Waals surface area contributed by atoms with Gasteiger partial charge in [-0.25, -0.2) is 0 Å². The monoisotopic (exact) mass is 124 g/mol. The van der Waals surface area contributed by atoms with E-state index in [1.807, 2.05) is 0 Å². The minimum atomic E-state index is 0.818. The van der Waals surface area contributed by atoms with Gasteiger partial charge in [-0.15, -0.1) is 0 Å². The smallest absolute Gasteiger partial charge is 0.0234 e. The minimum absolute atomic E-state index is 0.818. The first-order valence-electron chi connectivity index (χ1n) is 3.87. The lowest BCUT2D eigenvalue weighted by Crippen LogP contribution is -2.10. The van der Waals surface area contributed by atoms with Gasteiger partial charge >= 0.3 is 0 Å². The molecule has 0 heteroatoms. The second-order valence-corrected chi connectivity index (χ2v) is 3.39. The van der Waals surface area contributed by atoms with Crippen molar-refractivity contribution in [2.45, 2.75) is 33.6 Å². The normalized spacial score (nSPS) is 36.1. The van der Waals surface area contributed by atoms with Crippen LogP contribution in [0.4, 0.5) is 0 Å². The van der Waals surface area contributed by atoms with Gasteiger partial charge in [0.15, 0.2) is 0 Å². The molecule has 9 heavy (non-hydrogen) atoms. The Morgan fingerprint density at radius 2 is 2.11 bits per heavy atom. The van der Waals surface area contributed by atoms with Gasteiger partial charge in [-0.1, -0.05) is 25.5 Å². The molecule has 0 N–H and O–H groups in total. The molecule has 0 bridgehead atoms. The molecule has 2 atom stereocenters. The van der Waals surface area contributed by atoms with Crippen LogP contribution in [0.15, 0.2) is 11.6 Å². The number of allylic oxidation sites excluding steroid dienone is 2. The zero-order valence-electron chi connectivity index (χ0n) is 6.65. The highest BCUT2D eigenvalue weighted by Gasteiger charge is 2.14. The molecule has 1 aliphatic rings. The molecule has 0 spiro atoms. The Labute approximate surface area is 58.0 Å². The largest absolute Gasteiger partial charge is 0.0825 e. The summed E-state index contributed by atoms with van der Waals surface area (Å²) < 4.78 is 0. The Balaban J connectivity index is 2.58. The topological polar surface area (TPSA) is 0 Å². The first-order chi connectivity index (χ1) is 4.20. The Bertz CT molecular complexity index is 122. The summed E-state index contributed by atoms with van der Waals surface area (Å²) >= 11 is 0. The minimum Gasteiger partial charge on any atom is -0.0825 e. The summed E-state index contributed by atoms with van der Waals surface area (Å²) in [7, 11) is 0. The highest BCUT2D eigenvalue weighted by Crippen LogP contribution is 2.27. The summed E-state index contributed by atoms with van der Waals surface area (Å²) in [6.07, 6.45) is 5.13. The third kappa shape index (κ3) is 1.57. The third-order valence-corrected chi connectivity index (χ3v) is 2.44. The van der Waals surface area contributed by atoms with E-state index >= 15 is 0 Å². The number of hydrogen-bond donors (Lipinski definition) is 0. The molecular weight excluding hydrogens is 108 g/mol. The van der Waals surface area contributed by atoms with Crippen molar-refractivity contribution in [3.8, 4) is 0 Å². The van der Waals surface area contributed by atoms with Crippen molar-refractivity contribution in [2.24, 2.45) is 11.8 Å². The van der Waals surface area contributed by atoms with Crippen molar-refractivity contribution < 1.29 is 0 Å². The lowest BCUT2D eigenvalue weighted by Gasteiger charge is -2.22. The van der Waals surface area contributed by atoms with Crippen molar-refractivity contribution in [3.63, 3.8) is 0 Å². The summed E-state index contributed by atoms with van der Waals surface area (Å²) in [6, 6.07) is 0. The Kier molecular flexibility index (Phi) is 1.94. The molecule has 0 heterocycles. The fourth-order valence-corrected chi connectivity index (χ4v) is 1.41. The van der Waals surface area contributed by atoms with E-state index in [2.05, 4.69) is 26.8 Å². The predicted molar refractivity (Wildman–Crippen MR) is 41.3 cm³/mol. The van der Waals surface area contributed by atoms with E-state index in [1.54, 1.807) is 5.57 Å². The van der Waals surface area contributed by atoms with E-state index in [-0.39, 0.29) is 0 Å². The quantitative estimate of drug-likeness (QED) is 0.435. The van der Waals surface area contributed by atoms with E-state index in [1.165, 1.54) is 12.8 Å². The van der Waals surface area contributed by atoms with Gasteiger partial charge in [-0.3, -0.25) is 0 Å². The average molecular weight is 124 g/mol. The van der Waals surface area contributed by atoms with Crippen LogP contribution in [0.1, 0.15) is 33.6 Å². The Morgan fingerprint density at radius 3 is 2.56 bits per heavy atom. The van der Waals surface area contributed by atoms with Crippen LogP contribution >= 0.6 is 0 Å². The molecule has 0 aromatic heterocycles. The van der Waals surface area contributed by atoms with Crippen molar-refractivity contribution in [1.82, 2.24) is 0 Å². The van der Waals surface area contributed by atoms with Crippen LogP contribution in [0, 0.1) is 11.8 Å². The van der Waals surface area contributed by atoms with Crippen molar-refractivity contribution in [3.05, 3.63) is 11.6 Å². The Morgan fingerprint density at radius 1 is 1.44 bits per heavy atom. The van der Waals surface area contributed by atoms with Crippen LogP contribution in [0.5, 0.6) is 0 Å². The van der Waals surface area contributed by atoms with E-state index in [4.69, 9.17) is 0 Å². The van der Waals surface area contributed by atoms with Crippen LogP contribution in [-0.4, -0.2) is 0 Å². The molecule has 0 saturated heterocycles. The van der Waals surface area contributed by atoms with Gasteiger partial charge in [0.25, 0.3) is 0 Å². The summed E-state index contributed by atoms with van der Waals surface area (Å²) in [5.74, 6) is 1.73. The van der Waals surface area contributed by atoms with Gasteiger partial charge in [-0.05, 0) is 31.6 Å². The highest BCUT2D eigenvalue weighted by molar-refractivity contribution is 5.05. The molecule has 52 valence electrons. The van der Waals surface area contributed by atoms with Crippen LogP contribution < -0.4 is 0 Å². The maximum Gasteiger partial charge on any atom is -0.0234 e. The molecule has 1 aliphatic carbocycles. The van der Waals surface area contributed by atoms with E-state index < -0.39 is 0 Å². The predicted octanol–water partition coefficient (Wildman–Crippen LogP) is 3.00. The van der Waals surface area contributed by atoms with Crippen molar-refractivity contribution in [1.29, 1.82) is 0 Å². The second kappa shape index (κ2) is 2.55. The maximum atomic E-state index is 2.41. The fraction of sp³-hybridized carbons (Fsp3) is 0.778. The van der Waals surface area contributed by atoms with Crippen LogP contribution in [0.25, 0.3) is 0 Å². The van der Waals surface area contributed by atoms with E-state index in [9.17, 15) is 0 Å². The van der Waals surface area contributed by atoms with Gasteiger partial charge in [0.1, 0.15) is 0 Å². The Hall–Kier alpha value is -0.260. The lowest BCUT2D eigenvalue weighted by atomic mass is 9.84. The lowest BCUT2D eigenvalue weighted by molar-refractivity contribution is 0.404. The standard InChI is InChI=1S/C9H16/c1-7-4-5-8(2)9(3)6-7/h6,8-9H,4-5H2,1-3H3/t8-,9?/m0/s1. The summed E-state index contributed by atoms with van der Waals surface area (Å²) in [5.41, 5.74) is 1.58. The molecule has 0 aromatic carbocycles. The third-order valence-electron chi connectivity index (χ3n) is 2.44. The SMILES string of the molecule is CC1=CC(C)[C@@H](C)CC1.